The molecule has 15 heavy (non-hydrogen) atoms. The van der Waals surface area contributed by atoms with E-state index in [1.807, 2.05) is 12.1 Å². The molecule has 1 N–H and O–H groups in total. The SMILES string of the molecule is COCCN(C)CCNc1cccnn1. The summed E-state index contributed by atoms with van der Waals surface area (Å²) in [6.45, 7) is 3.53. The first-order chi connectivity index (χ1) is 7.33. The zero-order valence-electron chi connectivity index (χ0n) is 9.31. The van der Waals surface area contributed by atoms with Crippen LogP contribution in [0, 0.1) is 0 Å². The molecule has 1 aromatic heterocycles. The number of aromatic nitrogens is 2. The highest BCUT2D eigenvalue weighted by atomic mass is 16.5. The lowest BCUT2D eigenvalue weighted by Crippen LogP contribution is -2.28. The van der Waals surface area contributed by atoms with Gasteiger partial charge >= 0.3 is 0 Å². The summed E-state index contributed by atoms with van der Waals surface area (Å²) >= 11 is 0. The summed E-state index contributed by atoms with van der Waals surface area (Å²) < 4.78 is 4.99. The van der Waals surface area contributed by atoms with E-state index in [2.05, 4.69) is 27.5 Å². The lowest BCUT2D eigenvalue weighted by Gasteiger charge is -2.16. The molecule has 0 aliphatic rings. The molecule has 1 aromatic rings. The second-order valence-electron chi connectivity index (χ2n) is 3.33. The van der Waals surface area contributed by atoms with E-state index in [4.69, 9.17) is 4.74 Å². The van der Waals surface area contributed by atoms with Crippen LogP contribution >= 0.6 is 0 Å². The largest absolute Gasteiger partial charge is 0.383 e. The standard InChI is InChI=1S/C10H18N4O/c1-14(8-9-15-2)7-6-11-10-4-3-5-12-13-10/h3-5H,6-9H2,1-2H3,(H,11,13). The summed E-state index contributed by atoms with van der Waals surface area (Å²) in [5, 5.41) is 10.9. The quantitative estimate of drug-likeness (QED) is 0.709. The number of rotatable bonds is 7. The summed E-state index contributed by atoms with van der Waals surface area (Å²) in [5.41, 5.74) is 0. The second kappa shape index (κ2) is 7.14. The molecule has 1 rings (SSSR count). The fourth-order valence-electron chi connectivity index (χ4n) is 1.13. The number of hydrogen-bond acceptors (Lipinski definition) is 5. The molecule has 0 radical (unpaired) electrons. The Morgan fingerprint density at radius 2 is 2.33 bits per heavy atom. The number of anilines is 1. The first-order valence-electron chi connectivity index (χ1n) is 5.02. The van der Waals surface area contributed by atoms with Crippen molar-refractivity contribution in [3.8, 4) is 0 Å². The molecule has 0 fully saturated rings. The van der Waals surface area contributed by atoms with Crippen molar-refractivity contribution in [3.05, 3.63) is 18.3 Å². The van der Waals surface area contributed by atoms with Crippen LogP contribution in [0.25, 0.3) is 0 Å². The molecule has 0 aliphatic heterocycles. The van der Waals surface area contributed by atoms with E-state index in [0.717, 1.165) is 32.1 Å². The highest BCUT2D eigenvalue weighted by Crippen LogP contribution is 1.96. The van der Waals surface area contributed by atoms with Gasteiger partial charge in [-0.25, -0.2) is 0 Å². The van der Waals surface area contributed by atoms with Gasteiger partial charge in [0.2, 0.25) is 0 Å². The number of methoxy groups -OCH3 is 1. The summed E-state index contributed by atoms with van der Waals surface area (Å²) in [7, 11) is 3.78. The molecule has 0 spiro atoms. The zero-order chi connectivity index (χ0) is 10.9. The van der Waals surface area contributed by atoms with Crippen molar-refractivity contribution in [3.63, 3.8) is 0 Å². The van der Waals surface area contributed by atoms with Gasteiger partial charge in [0.05, 0.1) is 6.61 Å². The van der Waals surface area contributed by atoms with Crippen LogP contribution in [0.5, 0.6) is 0 Å². The van der Waals surface area contributed by atoms with Crippen molar-refractivity contribution in [2.24, 2.45) is 0 Å². The number of nitrogens with zero attached hydrogens (tertiary/aromatic N) is 3. The Kier molecular flexibility index (Phi) is 5.65. The monoisotopic (exact) mass is 210 g/mol. The van der Waals surface area contributed by atoms with Crippen molar-refractivity contribution in [2.75, 3.05) is 45.7 Å². The molecular formula is C10H18N4O. The second-order valence-corrected chi connectivity index (χ2v) is 3.33. The smallest absolute Gasteiger partial charge is 0.148 e. The van der Waals surface area contributed by atoms with E-state index in [9.17, 15) is 0 Å². The van der Waals surface area contributed by atoms with Gasteiger partial charge in [-0.2, -0.15) is 5.10 Å². The molecule has 0 atom stereocenters. The van der Waals surface area contributed by atoms with E-state index < -0.39 is 0 Å². The fourth-order valence-corrected chi connectivity index (χ4v) is 1.13. The molecule has 0 bridgehead atoms. The van der Waals surface area contributed by atoms with Crippen LogP contribution in [-0.4, -0.2) is 55.5 Å². The summed E-state index contributed by atoms with van der Waals surface area (Å²) in [5.74, 6) is 0.817. The van der Waals surface area contributed by atoms with Crippen LogP contribution in [0.15, 0.2) is 18.3 Å². The Bertz CT molecular complexity index is 255. The third kappa shape index (κ3) is 5.29. The average molecular weight is 210 g/mol. The summed E-state index contributed by atoms with van der Waals surface area (Å²) in [4.78, 5) is 2.20. The van der Waals surface area contributed by atoms with Gasteiger partial charge in [0.15, 0.2) is 0 Å². The van der Waals surface area contributed by atoms with Crippen molar-refractivity contribution in [1.82, 2.24) is 15.1 Å². The van der Waals surface area contributed by atoms with Gasteiger partial charge in [0.1, 0.15) is 5.82 Å². The molecule has 84 valence electrons. The van der Waals surface area contributed by atoms with Crippen molar-refractivity contribution in [2.45, 2.75) is 0 Å². The maximum Gasteiger partial charge on any atom is 0.148 e. The van der Waals surface area contributed by atoms with Gasteiger partial charge in [-0.3, -0.25) is 0 Å². The maximum absolute atomic E-state index is 4.99. The fraction of sp³-hybridized carbons (Fsp3) is 0.600. The van der Waals surface area contributed by atoms with Gasteiger partial charge in [-0.1, -0.05) is 0 Å². The van der Waals surface area contributed by atoms with Crippen molar-refractivity contribution >= 4 is 5.82 Å². The van der Waals surface area contributed by atoms with Gasteiger partial charge in [-0.05, 0) is 19.2 Å². The summed E-state index contributed by atoms with van der Waals surface area (Å²) in [6.07, 6.45) is 1.66. The summed E-state index contributed by atoms with van der Waals surface area (Å²) in [6, 6.07) is 3.77. The molecule has 0 unspecified atom stereocenters. The molecule has 0 aromatic carbocycles. The third-order valence-electron chi connectivity index (χ3n) is 2.05. The Morgan fingerprint density at radius 3 is 3.00 bits per heavy atom. The van der Waals surface area contributed by atoms with Crippen LogP contribution < -0.4 is 5.32 Å². The average Bonchev–Trinajstić information content (AvgIpc) is 2.28. The van der Waals surface area contributed by atoms with E-state index in [-0.39, 0.29) is 0 Å². The van der Waals surface area contributed by atoms with E-state index >= 15 is 0 Å². The molecule has 1 heterocycles. The minimum Gasteiger partial charge on any atom is -0.383 e. The van der Waals surface area contributed by atoms with Crippen molar-refractivity contribution < 1.29 is 4.74 Å². The highest BCUT2D eigenvalue weighted by molar-refractivity contribution is 5.31. The topological polar surface area (TPSA) is 50.3 Å². The number of likely N-dealkylation sites (N-methyl/N-ethyl adjacent to an activating group) is 1. The van der Waals surface area contributed by atoms with Crippen molar-refractivity contribution in [1.29, 1.82) is 0 Å². The Morgan fingerprint density at radius 1 is 1.47 bits per heavy atom. The predicted molar refractivity (Wildman–Crippen MR) is 59.9 cm³/mol. The molecular weight excluding hydrogens is 192 g/mol. The Labute approximate surface area is 90.5 Å². The van der Waals surface area contributed by atoms with Crippen LogP contribution in [0.2, 0.25) is 0 Å². The van der Waals surface area contributed by atoms with Gasteiger partial charge in [0, 0.05) is 32.9 Å². The van der Waals surface area contributed by atoms with Crippen LogP contribution in [-0.2, 0) is 4.74 Å². The van der Waals surface area contributed by atoms with Crippen LogP contribution in [0.4, 0.5) is 5.82 Å². The maximum atomic E-state index is 4.99. The van der Waals surface area contributed by atoms with Crippen LogP contribution in [0.3, 0.4) is 0 Å². The Hall–Kier alpha value is -1.20. The van der Waals surface area contributed by atoms with Crippen LogP contribution in [0.1, 0.15) is 0 Å². The predicted octanol–water partition coefficient (Wildman–Crippen LogP) is 0.467. The Balaban J connectivity index is 2.11. The highest BCUT2D eigenvalue weighted by Gasteiger charge is 1.97. The van der Waals surface area contributed by atoms with Gasteiger partial charge < -0.3 is 15.0 Å². The van der Waals surface area contributed by atoms with Gasteiger partial charge in [-0.15, -0.1) is 5.10 Å². The first kappa shape index (κ1) is 11.9. The number of nitrogens with one attached hydrogen (secondary N) is 1. The van der Waals surface area contributed by atoms with Gasteiger partial charge in [0.25, 0.3) is 0 Å². The molecule has 0 saturated carbocycles. The minimum absolute atomic E-state index is 0.766. The van der Waals surface area contributed by atoms with E-state index in [1.165, 1.54) is 0 Å². The lowest BCUT2D eigenvalue weighted by atomic mass is 10.5. The number of ether oxygens (including phenoxy) is 1. The minimum atomic E-state index is 0.766. The molecule has 0 saturated heterocycles. The third-order valence-corrected chi connectivity index (χ3v) is 2.05. The lowest BCUT2D eigenvalue weighted by molar-refractivity contribution is 0.163. The molecule has 0 amide bonds. The first-order valence-corrected chi connectivity index (χ1v) is 5.02. The van der Waals surface area contributed by atoms with E-state index in [0.29, 0.717) is 0 Å². The molecule has 5 nitrogen and oxygen atoms in total. The number of hydrogen-bond donors (Lipinski definition) is 1. The molecule has 0 aliphatic carbocycles. The van der Waals surface area contributed by atoms with E-state index in [1.54, 1.807) is 13.3 Å². The normalized spacial score (nSPS) is 10.6. The zero-order valence-corrected chi connectivity index (χ0v) is 9.31. The molecule has 5 heteroatoms.